The molecule has 0 saturated carbocycles. The van der Waals surface area contributed by atoms with Crippen LogP contribution in [0.15, 0.2) is 66.7 Å². The first-order valence-electron chi connectivity index (χ1n) is 10.0. The van der Waals surface area contributed by atoms with Gasteiger partial charge in [-0.05, 0) is 51.1 Å². The maximum atomic E-state index is 12.8. The van der Waals surface area contributed by atoms with Gasteiger partial charge in [0, 0.05) is 23.5 Å². The van der Waals surface area contributed by atoms with E-state index >= 15 is 0 Å². The lowest BCUT2D eigenvalue weighted by molar-refractivity contribution is 0.0635. The molecule has 0 spiro atoms. The van der Waals surface area contributed by atoms with E-state index in [1.54, 1.807) is 52.1 Å². The first kappa shape index (κ1) is 22.6. The molecule has 2 amide bonds. The highest BCUT2D eigenvalue weighted by atomic mass is 16.6. The highest BCUT2D eigenvalue weighted by molar-refractivity contribution is 6.04. The Kier molecular flexibility index (Phi) is 6.94. The van der Waals surface area contributed by atoms with E-state index in [9.17, 15) is 9.59 Å². The van der Waals surface area contributed by atoms with Crippen molar-refractivity contribution in [3.63, 3.8) is 0 Å². The summed E-state index contributed by atoms with van der Waals surface area (Å²) in [6.07, 6.45) is -0.634. The van der Waals surface area contributed by atoms with Gasteiger partial charge < -0.3 is 20.1 Å². The summed E-state index contributed by atoms with van der Waals surface area (Å²) in [5, 5.41) is 8.59. The maximum Gasteiger partial charge on any atom is 0.412 e. The van der Waals surface area contributed by atoms with Crippen molar-refractivity contribution in [3.05, 3.63) is 72.4 Å². The molecule has 0 saturated heterocycles. The van der Waals surface area contributed by atoms with Crippen molar-refractivity contribution in [2.45, 2.75) is 26.4 Å². The second kappa shape index (κ2) is 9.82. The Balaban J connectivity index is 1.89. The van der Waals surface area contributed by atoms with Crippen molar-refractivity contribution in [1.82, 2.24) is 4.98 Å². The molecule has 0 aliphatic carbocycles. The smallest absolute Gasteiger partial charge is 0.412 e. The predicted octanol–water partition coefficient (Wildman–Crippen LogP) is 5.43. The summed E-state index contributed by atoms with van der Waals surface area (Å²) in [5.41, 5.74) is 1.16. The van der Waals surface area contributed by atoms with E-state index < -0.39 is 17.6 Å². The van der Waals surface area contributed by atoms with E-state index in [0.29, 0.717) is 28.6 Å². The fourth-order valence-electron chi connectivity index (χ4n) is 2.77. The molecule has 0 fully saturated rings. The van der Waals surface area contributed by atoms with Crippen LogP contribution in [0.5, 0.6) is 5.75 Å². The van der Waals surface area contributed by atoms with Crippen LogP contribution in [0.25, 0.3) is 0 Å². The predicted molar refractivity (Wildman–Crippen MR) is 125 cm³/mol. The molecule has 8 heteroatoms. The monoisotopic (exact) mass is 434 g/mol. The highest BCUT2D eigenvalue weighted by Gasteiger charge is 2.18. The molecule has 8 nitrogen and oxygen atoms in total. The summed E-state index contributed by atoms with van der Waals surface area (Å²) in [5.74, 6) is 0.614. The van der Waals surface area contributed by atoms with Gasteiger partial charge in [-0.25, -0.2) is 9.78 Å². The third-order valence-electron chi connectivity index (χ3n) is 4.08. The largest absolute Gasteiger partial charge is 0.497 e. The highest BCUT2D eigenvalue weighted by Crippen LogP contribution is 2.24. The SMILES string of the molecule is COc1cccc(Nc2cc(NC(=O)OC(C)(C)C)cc(C(=O)Nc3ccccc3)n2)c1. The number of carbonyl (C=O) groups excluding carboxylic acids is 2. The molecule has 3 N–H and O–H groups in total. The van der Waals surface area contributed by atoms with Crippen molar-refractivity contribution < 1.29 is 19.1 Å². The number of methoxy groups -OCH3 is 1. The second-order valence-electron chi connectivity index (χ2n) is 7.93. The lowest BCUT2D eigenvalue weighted by atomic mass is 10.2. The van der Waals surface area contributed by atoms with E-state index in [4.69, 9.17) is 9.47 Å². The molecular weight excluding hydrogens is 408 g/mol. The van der Waals surface area contributed by atoms with E-state index in [-0.39, 0.29) is 5.69 Å². The number of aromatic nitrogens is 1. The minimum absolute atomic E-state index is 0.118. The lowest BCUT2D eigenvalue weighted by Gasteiger charge is -2.20. The van der Waals surface area contributed by atoms with Crippen molar-refractivity contribution in [2.24, 2.45) is 0 Å². The number of carbonyl (C=O) groups is 2. The average Bonchev–Trinajstić information content (AvgIpc) is 2.73. The fraction of sp³-hybridized carbons (Fsp3) is 0.208. The van der Waals surface area contributed by atoms with Crippen molar-refractivity contribution >= 4 is 34.9 Å². The Morgan fingerprint density at radius 1 is 0.844 bits per heavy atom. The summed E-state index contributed by atoms with van der Waals surface area (Å²) in [6, 6.07) is 19.4. The fourth-order valence-corrected chi connectivity index (χ4v) is 2.77. The Bertz CT molecular complexity index is 1090. The summed E-state index contributed by atoms with van der Waals surface area (Å²) in [7, 11) is 1.58. The molecule has 0 aliphatic heterocycles. The zero-order valence-electron chi connectivity index (χ0n) is 18.4. The molecule has 1 aromatic heterocycles. The molecule has 0 bridgehead atoms. The van der Waals surface area contributed by atoms with Crippen LogP contribution in [0.2, 0.25) is 0 Å². The first-order chi connectivity index (χ1) is 15.2. The average molecular weight is 434 g/mol. The zero-order valence-corrected chi connectivity index (χ0v) is 18.4. The minimum Gasteiger partial charge on any atom is -0.497 e. The molecule has 0 unspecified atom stereocenters. The number of benzene rings is 2. The zero-order chi connectivity index (χ0) is 23.1. The molecule has 0 aliphatic rings. The number of amides is 2. The normalized spacial score (nSPS) is 10.8. The molecule has 0 atom stereocenters. The van der Waals surface area contributed by atoms with Crippen LogP contribution in [0.4, 0.5) is 27.7 Å². The molecule has 166 valence electrons. The third kappa shape index (κ3) is 6.73. The van der Waals surface area contributed by atoms with Gasteiger partial charge in [-0.2, -0.15) is 0 Å². The van der Waals surface area contributed by atoms with Crippen LogP contribution in [0.1, 0.15) is 31.3 Å². The summed E-state index contributed by atoms with van der Waals surface area (Å²) >= 11 is 0. The number of hydrogen-bond acceptors (Lipinski definition) is 6. The van der Waals surface area contributed by atoms with Crippen molar-refractivity contribution in [3.8, 4) is 5.75 Å². The Morgan fingerprint density at radius 3 is 2.25 bits per heavy atom. The maximum absolute atomic E-state index is 12.8. The van der Waals surface area contributed by atoms with Gasteiger partial charge in [-0.1, -0.05) is 24.3 Å². The van der Waals surface area contributed by atoms with Gasteiger partial charge in [-0.3, -0.25) is 10.1 Å². The number of ether oxygens (including phenoxy) is 2. The van der Waals surface area contributed by atoms with Gasteiger partial charge in [0.15, 0.2) is 0 Å². The molecule has 2 aromatic carbocycles. The van der Waals surface area contributed by atoms with Crippen LogP contribution < -0.4 is 20.7 Å². The van der Waals surface area contributed by atoms with E-state index in [2.05, 4.69) is 20.9 Å². The number of rotatable bonds is 6. The van der Waals surface area contributed by atoms with E-state index in [1.807, 2.05) is 36.4 Å². The summed E-state index contributed by atoms with van der Waals surface area (Å²) in [6.45, 7) is 5.31. The topological polar surface area (TPSA) is 102 Å². The van der Waals surface area contributed by atoms with Gasteiger partial charge in [0.25, 0.3) is 5.91 Å². The van der Waals surface area contributed by atoms with Gasteiger partial charge in [0.2, 0.25) is 0 Å². The van der Waals surface area contributed by atoms with Crippen LogP contribution in [-0.4, -0.2) is 29.7 Å². The molecule has 3 rings (SSSR count). The summed E-state index contributed by atoms with van der Waals surface area (Å²) in [4.78, 5) is 29.5. The van der Waals surface area contributed by atoms with E-state index in [0.717, 1.165) is 0 Å². The Hall–Kier alpha value is -4.07. The van der Waals surface area contributed by atoms with Crippen molar-refractivity contribution in [1.29, 1.82) is 0 Å². The minimum atomic E-state index is -0.660. The van der Waals surface area contributed by atoms with Gasteiger partial charge in [0.1, 0.15) is 22.9 Å². The van der Waals surface area contributed by atoms with Gasteiger partial charge in [0.05, 0.1) is 12.8 Å². The quantitative estimate of drug-likeness (QED) is 0.478. The Morgan fingerprint density at radius 2 is 1.56 bits per heavy atom. The number of pyridine rings is 1. The number of para-hydroxylation sites is 1. The van der Waals surface area contributed by atoms with Crippen molar-refractivity contribution in [2.75, 3.05) is 23.1 Å². The summed E-state index contributed by atoms with van der Waals surface area (Å²) < 4.78 is 10.6. The molecule has 3 aromatic rings. The van der Waals surface area contributed by atoms with Crippen LogP contribution in [-0.2, 0) is 4.74 Å². The standard InChI is InChI=1S/C24H26N4O4/c1-24(2,3)32-23(30)27-18-14-20(22(29)26-16-9-6-5-7-10-16)28-21(15-18)25-17-11-8-12-19(13-17)31-4/h5-15H,1-4H3,(H,26,29)(H2,25,27,28,30). The van der Waals surface area contributed by atoms with Gasteiger partial charge >= 0.3 is 6.09 Å². The third-order valence-corrected chi connectivity index (χ3v) is 4.08. The van der Waals surface area contributed by atoms with Crippen LogP contribution >= 0.6 is 0 Å². The lowest BCUT2D eigenvalue weighted by Crippen LogP contribution is -2.27. The second-order valence-corrected chi connectivity index (χ2v) is 7.93. The molecule has 32 heavy (non-hydrogen) atoms. The number of nitrogens with zero attached hydrogens (tertiary/aromatic N) is 1. The van der Waals surface area contributed by atoms with Gasteiger partial charge in [-0.15, -0.1) is 0 Å². The molecular formula is C24H26N4O4. The Labute approximate surface area is 187 Å². The molecule has 1 heterocycles. The van der Waals surface area contributed by atoms with Crippen LogP contribution in [0.3, 0.4) is 0 Å². The number of hydrogen-bond donors (Lipinski definition) is 3. The van der Waals surface area contributed by atoms with E-state index in [1.165, 1.54) is 6.07 Å². The first-order valence-corrected chi connectivity index (χ1v) is 10.0. The van der Waals surface area contributed by atoms with Crippen LogP contribution in [0, 0.1) is 0 Å². The number of nitrogens with one attached hydrogen (secondary N) is 3. The number of anilines is 4. The molecule has 0 radical (unpaired) electrons.